The monoisotopic (exact) mass is 2190 g/mol. The summed E-state index contributed by atoms with van der Waals surface area (Å²) in [7, 11) is -16.6. The van der Waals surface area contributed by atoms with E-state index in [9.17, 15) is 119 Å². The average Bonchev–Trinajstić information content (AvgIpc) is 0.855. The molecule has 40 nitrogen and oxygen atoms in total. The van der Waals surface area contributed by atoms with E-state index in [1.54, 1.807) is 95.3 Å². The Balaban J connectivity index is 0.000000271. The number of aliphatic hydroxyl groups is 2. The number of non-ortho nitro benzene ring substituents is 2. The maximum absolute atomic E-state index is 13.7. The molecule has 0 radical (unpaired) electrons. The lowest BCUT2D eigenvalue weighted by Gasteiger charge is -2.33. The number of carbonyl (C=O) groups is 6. The van der Waals surface area contributed by atoms with Crippen LogP contribution in [0.4, 0.5) is 68.3 Å². The molecule has 8 aromatic rings. The van der Waals surface area contributed by atoms with Crippen LogP contribution in [0.2, 0.25) is 0 Å². The molecule has 0 aliphatic carbocycles. The molecule has 150 heavy (non-hydrogen) atoms. The number of hydrogen-bond acceptors (Lipinski definition) is 30. The van der Waals surface area contributed by atoms with E-state index >= 15 is 0 Å². The van der Waals surface area contributed by atoms with E-state index in [1.165, 1.54) is 71.9 Å². The van der Waals surface area contributed by atoms with Crippen LogP contribution in [0, 0.1) is 43.9 Å². The fraction of sp³-hybridized carbons (Fsp3) is 0.460. The Bertz CT molecular complexity index is 6070. The molecule has 2 fully saturated rings. The summed E-state index contributed by atoms with van der Waals surface area (Å²) in [6.07, 6.45) is -19.9. The first kappa shape index (κ1) is 124. The zero-order chi connectivity index (χ0) is 111. The van der Waals surface area contributed by atoms with E-state index in [2.05, 4.69) is 10.6 Å². The van der Waals surface area contributed by atoms with Gasteiger partial charge in [-0.15, -0.1) is 0 Å². The summed E-state index contributed by atoms with van der Waals surface area (Å²) >= 11 is 0. The molecule has 10 unspecified atom stereocenters. The van der Waals surface area contributed by atoms with Gasteiger partial charge in [0.15, 0.2) is 0 Å². The number of aliphatic hydroxyl groups excluding tert-OH is 2. The number of halogens is 6. The molecule has 0 spiro atoms. The van der Waals surface area contributed by atoms with Crippen molar-refractivity contribution in [3.63, 3.8) is 0 Å². The maximum atomic E-state index is 13.7. The number of alkyl carbamates (subject to hydrolysis) is 2. The first-order valence-corrected chi connectivity index (χ1v) is 53.6. The number of amides is 4. The number of hydrogen-bond donors (Lipinski definition) is 8. The number of nitro groups is 2. The first-order chi connectivity index (χ1) is 70.6. The lowest BCUT2D eigenvalue weighted by atomic mass is 10.0. The minimum Gasteiger partial charge on any atom is -0.450 e. The van der Waals surface area contributed by atoms with Crippen molar-refractivity contribution >= 4 is 99.2 Å². The van der Waals surface area contributed by atoms with Crippen LogP contribution in [0.15, 0.2) is 238 Å². The van der Waals surface area contributed by atoms with Gasteiger partial charge < -0.3 is 80.8 Å². The number of anilines is 2. The van der Waals surface area contributed by atoms with Gasteiger partial charge in [-0.25, -0.2) is 52.8 Å². The largest absolute Gasteiger partial charge is 0.509 e. The van der Waals surface area contributed by atoms with Crippen molar-refractivity contribution in [2.75, 3.05) is 103 Å². The zero-order valence-electron chi connectivity index (χ0n) is 84.3. The summed E-state index contributed by atoms with van der Waals surface area (Å²) in [6, 6.07) is 50.2. The van der Waals surface area contributed by atoms with E-state index in [-0.39, 0.29) is 139 Å². The van der Waals surface area contributed by atoms with Crippen LogP contribution in [0.3, 0.4) is 0 Å². The number of nitrogens with zero attached hydrogens (tertiary/aromatic N) is 6. The van der Waals surface area contributed by atoms with E-state index < -0.39 is 166 Å². The van der Waals surface area contributed by atoms with Gasteiger partial charge in [0.25, 0.3) is 11.4 Å². The summed E-state index contributed by atoms with van der Waals surface area (Å²) in [5.41, 5.74) is 14.4. The second-order valence-corrected chi connectivity index (χ2v) is 44.3. The molecule has 2 saturated heterocycles. The highest BCUT2D eigenvalue weighted by Crippen LogP contribution is 2.31. The highest BCUT2D eigenvalue weighted by molar-refractivity contribution is 7.90. The van der Waals surface area contributed by atoms with Gasteiger partial charge in [-0.2, -0.15) is 43.6 Å². The quantitative estimate of drug-likeness (QED) is 0.00438. The third-order valence-corrected chi connectivity index (χ3v) is 29.7. The zero-order valence-corrected chi connectivity index (χ0v) is 87.5. The molecule has 8 aromatic carbocycles. The number of nitrogens with one attached hydrogen (secondary N) is 4. The summed E-state index contributed by atoms with van der Waals surface area (Å²) in [5.74, 6) is -5.14. The van der Waals surface area contributed by atoms with Crippen molar-refractivity contribution < 1.29 is 147 Å². The van der Waals surface area contributed by atoms with Crippen molar-refractivity contribution in [3.8, 4) is 0 Å². The predicted molar refractivity (Wildman–Crippen MR) is 540 cm³/mol. The summed E-state index contributed by atoms with van der Waals surface area (Å²) in [5, 5.41) is 53.2. The highest BCUT2D eigenvalue weighted by atomic mass is 32.2. The standard InChI is InChI=1S/C27H34F3N3O7S.C25H30F3N3O8S.C25H35N3O6S.C23H31N3O7S/c1-18(2)15-33(41(36,37)22-10-8-20(31)9-11-22)16-24(40-26(35)39-21-12-13-38-17-21)23(32-25(34)27(28,29)30)14-19-6-4-3-5-7-19;1-4-38-24(33)39-22(21(29-23(32)25(26,27)28)14-18-8-6-5-7-9-18)16-30(15-17(2)3)40(36,37)20-12-10-19(11-13-20)31(34)35;1-18(2)15-28(35(31,32)22-10-8-20(26)9-11-22)16-24(29)23(14-19-6-4-3-5-7-19)27-25(30)34-21-12-13-33-17-21;1-4-33-23(28)24-21(14-18-8-6-5-7-9-18)22(27)16-25(15-17(2)3)34(31,32)20-12-10-19(11-13-20)26(29)30/h3-11,18,21,23-24H,12-17,31H2,1-2H3,(H,32,34);5-13,17,21-22H,4,14-16H2,1-3H3,(H,29,32);3-11,18,21,23-24,29H,12-17,26H2,1-2H3,(H,27,30);5-13,17,21-22,27H,4,14-16H2,1-3H3,(H,24,28). The SMILES string of the molecule is CC(C)CN(CC(O)C(Cc1ccccc1)NC(=O)OC1CCOC1)S(=O)(=O)c1ccc(N)cc1.CC(C)CN(CC(OC(=O)OC1CCOC1)C(Cc1ccccc1)NC(=O)C(F)(F)F)S(=O)(=O)c1ccc(N)cc1.CCOC(=O)NC(Cc1ccccc1)C(O)CN(CC(C)C)S(=O)(=O)c1ccc([N+](=O)[O-])cc1.CCOC(=O)OC(CN(CC(C)C)S(=O)(=O)c1ccc([N+](=O)[O-])cc1)C(Cc1ccccc1)NC(=O)C(F)(F)F. The molecule has 0 bridgehead atoms. The van der Waals surface area contributed by atoms with E-state index in [0.29, 0.717) is 61.6 Å². The van der Waals surface area contributed by atoms with Gasteiger partial charge in [-0.3, -0.25) is 29.8 Å². The Morgan fingerprint density at radius 1 is 0.387 bits per heavy atom. The summed E-state index contributed by atoms with van der Waals surface area (Å²) < 4.78 is 234. The van der Waals surface area contributed by atoms with Gasteiger partial charge in [0.1, 0.15) is 24.4 Å². The number of alkyl halides is 6. The molecule has 2 aliphatic rings. The van der Waals surface area contributed by atoms with Gasteiger partial charge in [-0.05, 0) is 158 Å². The Morgan fingerprint density at radius 2 is 0.660 bits per heavy atom. The van der Waals surface area contributed by atoms with Crippen LogP contribution in [0.25, 0.3) is 0 Å². The lowest BCUT2D eigenvalue weighted by molar-refractivity contribution is -0.385. The molecule has 10 atom stereocenters. The van der Waals surface area contributed by atoms with Crippen LogP contribution >= 0.6 is 0 Å². The van der Waals surface area contributed by atoms with Crippen LogP contribution in [0.5, 0.6) is 0 Å². The third kappa shape index (κ3) is 41.2. The fourth-order valence-corrected chi connectivity index (χ4v) is 21.6. The summed E-state index contributed by atoms with van der Waals surface area (Å²) in [4.78, 5) is 93.9. The number of nitrogen functional groups attached to an aromatic ring is 2. The van der Waals surface area contributed by atoms with Crippen molar-refractivity contribution in [3.05, 3.63) is 261 Å². The maximum Gasteiger partial charge on any atom is 0.509 e. The molecule has 10 rings (SSSR count). The second-order valence-electron chi connectivity index (χ2n) is 36.5. The fourth-order valence-electron chi connectivity index (χ4n) is 15.2. The molecule has 10 N–H and O–H groups in total. The van der Waals surface area contributed by atoms with E-state index in [4.69, 9.17) is 49.4 Å². The highest BCUT2D eigenvalue weighted by Gasteiger charge is 2.46. The van der Waals surface area contributed by atoms with Crippen LogP contribution in [-0.2, 0) is 113 Å². The number of carbonyl (C=O) groups excluding carboxylic acids is 6. The molecule has 824 valence electrons. The number of nitrogens with two attached hydrogens (primary N) is 2. The van der Waals surface area contributed by atoms with E-state index in [0.717, 1.165) is 60.4 Å². The lowest BCUT2D eigenvalue weighted by Crippen LogP contribution is -2.55. The Labute approximate surface area is 868 Å². The Kier molecular flexibility index (Phi) is 49.0. The van der Waals surface area contributed by atoms with Gasteiger partial charge in [0.2, 0.25) is 40.1 Å². The van der Waals surface area contributed by atoms with Crippen molar-refractivity contribution in [2.45, 2.75) is 200 Å². The molecular formula is C100H130F6N12O28S4. The van der Waals surface area contributed by atoms with Crippen molar-refractivity contribution in [1.82, 2.24) is 38.5 Å². The van der Waals surface area contributed by atoms with Crippen LogP contribution < -0.4 is 32.7 Å². The second kappa shape index (κ2) is 59.2. The molecule has 0 aromatic heterocycles. The number of ether oxygens (including phenoxy) is 8. The number of nitro benzene ring substituents is 2. The van der Waals surface area contributed by atoms with Gasteiger partial charge in [-0.1, -0.05) is 177 Å². The average molecular weight is 2190 g/mol. The summed E-state index contributed by atoms with van der Waals surface area (Å²) in [6.45, 7) is 17.2. The Morgan fingerprint density at radius 3 is 0.933 bits per heavy atom. The topological polar surface area (TPSA) is 553 Å². The number of rotatable bonds is 48. The van der Waals surface area contributed by atoms with E-state index in [1.807, 2.05) is 99.0 Å². The minimum absolute atomic E-state index is 0.0126. The smallest absolute Gasteiger partial charge is 0.450 e. The van der Waals surface area contributed by atoms with Gasteiger partial charge in [0, 0.05) is 87.8 Å². The molecule has 0 saturated carbocycles. The van der Waals surface area contributed by atoms with Crippen molar-refractivity contribution in [1.29, 1.82) is 0 Å². The minimum atomic E-state index is -5.27. The molecule has 2 heterocycles. The van der Waals surface area contributed by atoms with Gasteiger partial charge >= 0.3 is 48.7 Å². The third-order valence-electron chi connectivity index (χ3n) is 22.3. The Hall–Kier alpha value is -12.8. The molecule has 4 amide bonds. The predicted octanol–water partition coefficient (Wildman–Crippen LogP) is 13.0. The van der Waals surface area contributed by atoms with Gasteiger partial charge in [0.05, 0.1) is 119 Å². The van der Waals surface area contributed by atoms with Crippen LogP contribution in [-0.4, -0.2) is 272 Å². The first-order valence-electron chi connectivity index (χ1n) is 47.8. The molecule has 2 aliphatic heterocycles. The molecule has 50 heteroatoms. The normalized spacial score (nSPS) is 15.6. The van der Waals surface area contributed by atoms with Crippen molar-refractivity contribution in [2.24, 2.45) is 23.7 Å². The van der Waals surface area contributed by atoms with Crippen LogP contribution in [0.1, 0.15) is 104 Å². The number of benzene rings is 8. The number of sulfonamides is 4. The molecular weight excluding hydrogens is 2060 g/mol.